The van der Waals surface area contributed by atoms with E-state index in [0.29, 0.717) is 11.1 Å². The third-order valence-electron chi connectivity index (χ3n) is 5.45. The molecule has 0 aliphatic carbocycles. The van der Waals surface area contributed by atoms with E-state index in [0.717, 1.165) is 0 Å². The maximum atomic E-state index is 13.1. The van der Waals surface area contributed by atoms with E-state index < -0.39 is 35.8 Å². The number of esters is 2. The van der Waals surface area contributed by atoms with Crippen molar-refractivity contribution in [3.8, 4) is 5.75 Å². The summed E-state index contributed by atoms with van der Waals surface area (Å²) in [5, 5.41) is 12.6. The lowest BCUT2D eigenvalue weighted by molar-refractivity contribution is -0.150. The third kappa shape index (κ3) is 6.68. The van der Waals surface area contributed by atoms with Gasteiger partial charge in [-0.05, 0) is 60.7 Å². The molecule has 2 unspecified atom stereocenters. The molecule has 0 saturated heterocycles. The fraction of sp³-hybridized carbons (Fsp3) is 0.192. The highest BCUT2D eigenvalue weighted by Crippen LogP contribution is 2.20. The zero-order valence-electron chi connectivity index (χ0n) is 19.9. The van der Waals surface area contributed by atoms with Crippen molar-refractivity contribution < 1.29 is 33.4 Å². The van der Waals surface area contributed by atoms with E-state index in [9.17, 15) is 24.0 Å². The number of hydrogen-bond acceptors (Lipinski definition) is 10. The second-order valence-electron chi connectivity index (χ2n) is 8.13. The number of aromatic nitrogens is 2. The number of oxime groups is 1. The molecule has 196 valence electrons. The van der Waals surface area contributed by atoms with Crippen molar-refractivity contribution in [2.75, 3.05) is 12.3 Å². The molecule has 2 atom stereocenters. The number of anilines is 1. The zero-order chi connectivity index (χ0) is 27.1. The first-order chi connectivity index (χ1) is 18.3. The zero-order valence-corrected chi connectivity index (χ0v) is 19.9. The first-order valence-electron chi connectivity index (χ1n) is 11.5. The third-order valence-corrected chi connectivity index (χ3v) is 5.45. The molecule has 0 bridgehead atoms. The van der Waals surface area contributed by atoms with Gasteiger partial charge in [0.2, 0.25) is 0 Å². The molecule has 38 heavy (non-hydrogen) atoms. The van der Waals surface area contributed by atoms with Crippen LogP contribution in [0.25, 0.3) is 0 Å². The van der Waals surface area contributed by atoms with Crippen molar-refractivity contribution in [3.05, 3.63) is 100 Å². The van der Waals surface area contributed by atoms with Crippen LogP contribution in [0.2, 0.25) is 0 Å². The Morgan fingerprint density at radius 2 is 1.68 bits per heavy atom. The minimum Gasteiger partial charge on any atom is -0.463 e. The number of carbonyl (C=O) groups is 2. The largest absolute Gasteiger partial charge is 0.463 e. The molecule has 1 aromatic heterocycles. The lowest BCUT2D eigenvalue weighted by atomic mass is 10.0. The van der Waals surface area contributed by atoms with E-state index in [-0.39, 0.29) is 36.7 Å². The Hall–Kier alpha value is -4.84. The van der Waals surface area contributed by atoms with Gasteiger partial charge in [-0.25, -0.2) is 9.18 Å². The second kappa shape index (κ2) is 11.9. The first-order valence-corrected chi connectivity index (χ1v) is 11.5. The van der Waals surface area contributed by atoms with Crippen molar-refractivity contribution in [2.24, 2.45) is 5.16 Å². The van der Waals surface area contributed by atoms with Crippen LogP contribution in [0.5, 0.6) is 5.75 Å². The maximum absolute atomic E-state index is 13.1. The van der Waals surface area contributed by atoms with Gasteiger partial charge < -0.3 is 25.2 Å². The summed E-state index contributed by atoms with van der Waals surface area (Å²) >= 11 is 0. The van der Waals surface area contributed by atoms with Gasteiger partial charge in [0.15, 0.2) is 6.23 Å². The Balaban J connectivity index is 1.20. The van der Waals surface area contributed by atoms with Gasteiger partial charge in [0, 0.05) is 17.3 Å². The molecule has 2 aromatic carbocycles. The number of rotatable bonds is 9. The number of hydrogen-bond donors (Lipinski definition) is 2. The Labute approximate surface area is 215 Å². The molecule has 0 saturated carbocycles. The van der Waals surface area contributed by atoms with Gasteiger partial charge in [-0.3, -0.25) is 14.2 Å². The minimum absolute atomic E-state index is 0.0949. The van der Waals surface area contributed by atoms with Crippen LogP contribution in [0.4, 0.5) is 10.2 Å². The van der Waals surface area contributed by atoms with Crippen LogP contribution >= 0.6 is 0 Å². The average Bonchev–Trinajstić information content (AvgIpc) is 3.37. The normalized spacial score (nSPS) is 16.8. The second-order valence-corrected chi connectivity index (χ2v) is 8.13. The van der Waals surface area contributed by atoms with Crippen molar-refractivity contribution in [3.63, 3.8) is 0 Å². The molecule has 1 aliphatic heterocycles. The SMILES string of the molecule is Nc1ccn(C2C=CC(COC(=O)CCC(=O)Oc3ccc(/C(=N/O)c4ccc(F)cc4)cc3)O2)c(=O)n1. The minimum atomic E-state index is -0.698. The van der Waals surface area contributed by atoms with E-state index in [1.165, 1.54) is 53.2 Å². The molecule has 4 rings (SSSR count). The van der Waals surface area contributed by atoms with Crippen LogP contribution in [0.15, 0.2) is 82.9 Å². The summed E-state index contributed by atoms with van der Waals surface area (Å²) in [5.41, 5.74) is 6.15. The first kappa shape index (κ1) is 26.2. The van der Waals surface area contributed by atoms with Gasteiger partial charge in [0.25, 0.3) is 0 Å². The average molecular weight is 522 g/mol. The number of carbonyl (C=O) groups excluding carboxylic acids is 2. The van der Waals surface area contributed by atoms with E-state index in [4.69, 9.17) is 19.9 Å². The van der Waals surface area contributed by atoms with Gasteiger partial charge in [0.1, 0.15) is 35.8 Å². The number of nitrogens with zero attached hydrogens (tertiary/aromatic N) is 3. The number of nitrogens with two attached hydrogens (primary N) is 1. The van der Waals surface area contributed by atoms with E-state index >= 15 is 0 Å². The van der Waals surface area contributed by atoms with Gasteiger partial charge in [-0.1, -0.05) is 11.2 Å². The lowest BCUT2D eigenvalue weighted by Gasteiger charge is -2.16. The fourth-order valence-electron chi connectivity index (χ4n) is 3.57. The van der Waals surface area contributed by atoms with Crippen molar-refractivity contribution in [1.82, 2.24) is 9.55 Å². The Kier molecular flexibility index (Phi) is 8.23. The predicted octanol–water partition coefficient (Wildman–Crippen LogP) is 2.57. The molecular weight excluding hydrogens is 499 g/mol. The molecule has 12 heteroatoms. The molecular formula is C26H23FN4O7. The summed E-state index contributed by atoms with van der Waals surface area (Å²) in [6.45, 7) is -0.0949. The van der Waals surface area contributed by atoms with E-state index in [1.54, 1.807) is 24.3 Å². The molecule has 3 N–H and O–H groups in total. The quantitative estimate of drug-likeness (QED) is 0.108. The van der Waals surface area contributed by atoms with Crippen molar-refractivity contribution in [2.45, 2.75) is 25.2 Å². The van der Waals surface area contributed by atoms with Crippen LogP contribution < -0.4 is 16.2 Å². The maximum Gasteiger partial charge on any atom is 0.351 e. The highest BCUT2D eigenvalue weighted by atomic mass is 19.1. The van der Waals surface area contributed by atoms with Crippen LogP contribution in [0, 0.1) is 5.82 Å². The van der Waals surface area contributed by atoms with Crippen LogP contribution in [-0.2, 0) is 19.1 Å². The molecule has 1 aliphatic rings. The molecule has 3 aromatic rings. The number of benzene rings is 2. The molecule has 0 spiro atoms. The lowest BCUT2D eigenvalue weighted by Crippen LogP contribution is -2.28. The predicted molar refractivity (Wildman–Crippen MR) is 132 cm³/mol. The summed E-state index contributed by atoms with van der Waals surface area (Å²) in [6.07, 6.45) is 3.06. The van der Waals surface area contributed by atoms with Gasteiger partial charge in [-0.2, -0.15) is 4.98 Å². The molecule has 2 heterocycles. The highest BCUT2D eigenvalue weighted by Gasteiger charge is 2.23. The Bertz CT molecular complexity index is 1420. The summed E-state index contributed by atoms with van der Waals surface area (Å²) in [7, 11) is 0. The molecule has 0 fully saturated rings. The summed E-state index contributed by atoms with van der Waals surface area (Å²) in [5.74, 6) is -1.35. The van der Waals surface area contributed by atoms with Gasteiger partial charge in [-0.15, -0.1) is 0 Å². The van der Waals surface area contributed by atoms with Crippen LogP contribution in [-0.4, -0.2) is 45.1 Å². The van der Waals surface area contributed by atoms with Gasteiger partial charge >= 0.3 is 17.6 Å². The smallest absolute Gasteiger partial charge is 0.351 e. The summed E-state index contributed by atoms with van der Waals surface area (Å²) in [6, 6.07) is 13.1. The van der Waals surface area contributed by atoms with E-state index in [2.05, 4.69) is 10.1 Å². The van der Waals surface area contributed by atoms with Crippen LogP contribution in [0.3, 0.4) is 0 Å². The molecule has 11 nitrogen and oxygen atoms in total. The van der Waals surface area contributed by atoms with Gasteiger partial charge in [0.05, 0.1) is 12.8 Å². The van der Waals surface area contributed by atoms with Crippen molar-refractivity contribution >= 4 is 23.5 Å². The monoisotopic (exact) mass is 522 g/mol. The standard InChI is InChI=1S/C26H23FN4O7/c27-18-5-1-16(2-6-18)25(30-35)17-3-7-19(8-4-17)38-24(33)12-11-23(32)36-15-20-9-10-22(37-20)31-14-13-21(28)29-26(31)34/h1-10,13-14,20,22,35H,11-12,15H2,(H2,28,29,34)/b30-25+. The highest BCUT2D eigenvalue weighted by molar-refractivity contribution is 6.12. The summed E-state index contributed by atoms with van der Waals surface area (Å²) in [4.78, 5) is 39.8. The topological polar surface area (TPSA) is 155 Å². The Morgan fingerprint density at radius 1 is 1.03 bits per heavy atom. The number of nitrogen functional groups attached to an aromatic ring is 1. The van der Waals surface area contributed by atoms with E-state index in [1.807, 2.05) is 0 Å². The summed E-state index contributed by atoms with van der Waals surface area (Å²) < 4.78 is 30.4. The van der Waals surface area contributed by atoms with Crippen LogP contribution in [0.1, 0.15) is 30.2 Å². The number of halogens is 1. The Morgan fingerprint density at radius 3 is 2.34 bits per heavy atom. The molecule has 0 amide bonds. The fourth-order valence-corrected chi connectivity index (χ4v) is 3.57. The number of ether oxygens (including phenoxy) is 3. The molecule has 0 radical (unpaired) electrons. The van der Waals surface area contributed by atoms with Crippen molar-refractivity contribution in [1.29, 1.82) is 0 Å².